The molecule has 22 heavy (non-hydrogen) atoms. The first kappa shape index (κ1) is 14.3. The molecule has 3 rings (SSSR count). The third kappa shape index (κ3) is 2.48. The van der Waals surface area contributed by atoms with Crippen LogP contribution in [-0.4, -0.2) is 17.2 Å². The fourth-order valence-corrected chi connectivity index (χ4v) is 3.01. The van der Waals surface area contributed by atoms with Gasteiger partial charge < -0.3 is 11.1 Å². The smallest absolute Gasteiger partial charge is 0.289 e. The third-order valence-electron chi connectivity index (χ3n) is 3.94. The number of amides is 1. The second kappa shape index (κ2) is 4.98. The average molecular weight is 294 g/mol. The molecule has 0 bridgehead atoms. The van der Waals surface area contributed by atoms with Crippen molar-refractivity contribution in [3.05, 3.63) is 53.6 Å². The van der Waals surface area contributed by atoms with Crippen LogP contribution in [0.25, 0.3) is 16.5 Å². The van der Waals surface area contributed by atoms with Crippen LogP contribution in [0.2, 0.25) is 0 Å². The molecule has 2 aromatic carbocycles. The van der Waals surface area contributed by atoms with E-state index in [1.807, 2.05) is 24.3 Å². The van der Waals surface area contributed by atoms with Crippen molar-refractivity contribution in [3.63, 3.8) is 0 Å². The molecule has 0 unspecified atom stereocenters. The summed E-state index contributed by atoms with van der Waals surface area (Å²) in [6.45, 7) is 4.14. The van der Waals surface area contributed by atoms with E-state index in [1.54, 1.807) is 0 Å². The van der Waals surface area contributed by atoms with Crippen molar-refractivity contribution in [1.29, 1.82) is 0 Å². The topological polar surface area (TPSA) is 72.2 Å². The first-order valence-electron chi connectivity index (χ1n) is 7.22. The van der Waals surface area contributed by atoms with Crippen molar-refractivity contribution in [2.75, 3.05) is 0 Å². The molecule has 4 nitrogen and oxygen atoms in total. The zero-order chi connectivity index (χ0) is 15.9. The number of benzene rings is 2. The Bertz CT molecular complexity index is 819. The maximum atomic E-state index is 11.7. The minimum atomic E-state index is -0.944. The van der Waals surface area contributed by atoms with Crippen LogP contribution in [0.5, 0.6) is 0 Å². The Hall–Kier alpha value is -2.62. The van der Waals surface area contributed by atoms with Crippen LogP contribution in [0.1, 0.15) is 25.0 Å². The summed E-state index contributed by atoms with van der Waals surface area (Å²) >= 11 is 0. The molecule has 0 aliphatic carbocycles. The molecule has 3 N–H and O–H groups in total. The molecule has 1 heterocycles. The minimum Gasteiger partial charge on any atom is -0.379 e. The van der Waals surface area contributed by atoms with Gasteiger partial charge in [0.15, 0.2) is 0 Å². The second-order valence-electron chi connectivity index (χ2n) is 6.28. The number of ketones is 1. The second-order valence-corrected chi connectivity index (χ2v) is 6.28. The van der Waals surface area contributed by atoms with Gasteiger partial charge in [-0.25, -0.2) is 0 Å². The van der Waals surface area contributed by atoms with Gasteiger partial charge in [-0.1, -0.05) is 36.4 Å². The minimum absolute atomic E-state index is 0.207. The summed E-state index contributed by atoms with van der Waals surface area (Å²) in [6, 6.07) is 12.2. The summed E-state index contributed by atoms with van der Waals surface area (Å²) in [5.41, 5.74) is 7.65. The Morgan fingerprint density at radius 2 is 1.91 bits per heavy atom. The molecule has 0 aromatic heterocycles. The highest BCUT2D eigenvalue weighted by atomic mass is 16.2. The van der Waals surface area contributed by atoms with Gasteiger partial charge >= 0.3 is 0 Å². The molecule has 0 atom stereocenters. The zero-order valence-electron chi connectivity index (χ0n) is 12.6. The number of nitrogens with one attached hydrogen (secondary N) is 1. The van der Waals surface area contributed by atoms with Crippen molar-refractivity contribution in [2.24, 2.45) is 5.73 Å². The molecule has 0 radical (unpaired) electrons. The SMILES string of the molecule is CC1(C)Cc2c(ccc3ccccc23)C(=CC(=O)C(N)=O)N1. The lowest BCUT2D eigenvalue weighted by Crippen LogP contribution is -2.44. The van der Waals surface area contributed by atoms with Crippen molar-refractivity contribution >= 4 is 28.2 Å². The van der Waals surface area contributed by atoms with Gasteiger partial charge in [0.1, 0.15) is 0 Å². The zero-order valence-corrected chi connectivity index (χ0v) is 12.6. The fourth-order valence-electron chi connectivity index (χ4n) is 3.01. The van der Waals surface area contributed by atoms with Gasteiger partial charge in [-0.05, 0) is 36.6 Å². The van der Waals surface area contributed by atoms with Gasteiger partial charge in [0.2, 0.25) is 5.78 Å². The van der Waals surface area contributed by atoms with Gasteiger partial charge in [0.25, 0.3) is 5.91 Å². The van der Waals surface area contributed by atoms with E-state index in [2.05, 4.69) is 31.3 Å². The van der Waals surface area contributed by atoms with Crippen LogP contribution in [0.4, 0.5) is 0 Å². The predicted molar refractivity (Wildman–Crippen MR) is 87.0 cm³/mol. The van der Waals surface area contributed by atoms with Crippen LogP contribution >= 0.6 is 0 Å². The summed E-state index contributed by atoms with van der Waals surface area (Å²) in [4.78, 5) is 22.8. The number of rotatable bonds is 2. The monoisotopic (exact) mass is 294 g/mol. The molecule has 0 spiro atoms. The largest absolute Gasteiger partial charge is 0.379 e. The Balaban J connectivity index is 2.24. The van der Waals surface area contributed by atoms with E-state index in [-0.39, 0.29) is 5.54 Å². The van der Waals surface area contributed by atoms with E-state index < -0.39 is 11.7 Å². The van der Waals surface area contributed by atoms with Gasteiger partial charge in [-0.2, -0.15) is 0 Å². The summed E-state index contributed by atoms with van der Waals surface area (Å²) in [5.74, 6) is -1.64. The Morgan fingerprint density at radius 3 is 2.64 bits per heavy atom. The van der Waals surface area contributed by atoms with Gasteiger partial charge in [0.05, 0.1) is 0 Å². The highest BCUT2D eigenvalue weighted by Crippen LogP contribution is 2.34. The number of hydrogen-bond donors (Lipinski definition) is 2. The lowest BCUT2D eigenvalue weighted by molar-refractivity contribution is -0.133. The molecule has 0 fully saturated rings. The van der Waals surface area contributed by atoms with E-state index in [4.69, 9.17) is 5.73 Å². The predicted octanol–water partition coefficient (Wildman–Crippen LogP) is 2.16. The molecule has 4 heteroatoms. The molecule has 2 aromatic rings. The van der Waals surface area contributed by atoms with Crippen LogP contribution in [0.3, 0.4) is 0 Å². The molecule has 112 valence electrons. The number of nitrogens with two attached hydrogens (primary N) is 1. The summed E-state index contributed by atoms with van der Waals surface area (Å²) in [6.07, 6.45) is 2.14. The Labute approximate surface area is 129 Å². The van der Waals surface area contributed by atoms with Crippen molar-refractivity contribution in [3.8, 4) is 0 Å². The van der Waals surface area contributed by atoms with Crippen LogP contribution in [0.15, 0.2) is 42.5 Å². The van der Waals surface area contributed by atoms with E-state index in [9.17, 15) is 9.59 Å². The third-order valence-corrected chi connectivity index (χ3v) is 3.94. The van der Waals surface area contributed by atoms with Crippen molar-refractivity contribution < 1.29 is 9.59 Å². The molecular weight excluding hydrogens is 276 g/mol. The standard InChI is InChI=1S/C18H18N2O2/c1-18(2)10-14-12-6-4-3-5-11(12)7-8-13(14)15(20-18)9-16(21)17(19)22/h3-9,20H,10H2,1-2H3,(H2,19,22). The van der Waals surface area contributed by atoms with Gasteiger partial charge in [-0.15, -0.1) is 0 Å². The van der Waals surface area contributed by atoms with Gasteiger partial charge in [-0.3, -0.25) is 9.59 Å². The molecule has 1 aliphatic heterocycles. The maximum absolute atomic E-state index is 11.7. The van der Waals surface area contributed by atoms with E-state index in [1.165, 1.54) is 22.4 Å². The molecule has 1 amide bonds. The summed E-state index contributed by atoms with van der Waals surface area (Å²) < 4.78 is 0. The Morgan fingerprint density at radius 1 is 1.18 bits per heavy atom. The molecule has 1 aliphatic rings. The Kier molecular flexibility index (Phi) is 3.24. The molecular formula is C18H18N2O2. The normalized spacial score (nSPS) is 17.8. The quantitative estimate of drug-likeness (QED) is 0.658. The van der Waals surface area contributed by atoms with Crippen molar-refractivity contribution in [2.45, 2.75) is 25.8 Å². The van der Waals surface area contributed by atoms with E-state index in [0.717, 1.165) is 12.0 Å². The first-order chi connectivity index (χ1) is 10.4. The number of hydrogen-bond acceptors (Lipinski definition) is 3. The number of fused-ring (bicyclic) bond motifs is 3. The first-order valence-corrected chi connectivity index (χ1v) is 7.22. The molecule has 0 saturated carbocycles. The lowest BCUT2D eigenvalue weighted by atomic mass is 9.83. The summed E-state index contributed by atoms with van der Waals surface area (Å²) in [7, 11) is 0. The van der Waals surface area contributed by atoms with E-state index >= 15 is 0 Å². The van der Waals surface area contributed by atoms with Crippen LogP contribution in [-0.2, 0) is 16.0 Å². The van der Waals surface area contributed by atoms with E-state index in [0.29, 0.717) is 5.70 Å². The average Bonchev–Trinajstić information content (AvgIpc) is 2.45. The van der Waals surface area contributed by atoms with Crippen LogP contribution < -0.4 is 11.1 Å². The summed E-state index contributed by atoms with van der Waals surface area (Å²) in [5, 5.41) is 5.67. The maximum Gasteiger partial charge on any atom is 0.289 e. The number of carbonyl (C=O) groups is 2. The number of carbonyl (C=O) groups excluding carboxylic acids is 2. The van der Waals surface area contributed by atoms with Crippen LogP contribution in [0, 0.1) is 0 Å². The highest BCUT2D eigenvalue weighted by molar-refractivity contribution is 6.41. The fraction of sp³-hybridized carbons (Fsp3) is 0.222. The highest BCUT2D eigenvalue weighted by Gasteiger charge is 2.29. The van der Waals surface area contributed by atoms with Crippen molar-refractivity contribution in [1.82, 2.24) is 5.32 Å². The van der Waals surface area contributed by atoms with Gasteiger partial charge in [0, 0.05) is 22.9 Å². The lowest BCUT2D eigenvalue weighted by Gasteiger charge is -2.36. The molecule has 0 saturated heterocycles. The number of primary amides is 1.